The Bertz CT molecular complexity index is 389. The molecule has 0 aromatic heterocycles. The predicted octanol–water partition coefficient (Wildman–Crippen LogP) is 2.71. The zero-order valence-corrected chi connectivity index (χ0v) is 10.3. The maximum absolute atomic E-state index is 9.75. The molecular weight excluding hydrogens is 212 g/mol. The first-order valence-corrected chi connectivity index (χ1v) is 6.55. The number of aliphatic hydroxyl groups excluding tert-OH is 1. The van der Waals surface area contributed by atoms with E-state index in [2.05, 4.69) is 31.2 Å². The highest BCUT2D eigenvalue weighted by atomic mass is 16.5. The van der Waals surface area contributed by atoms with E-state index in [0.717, 1.165) is 25.9 Å². The summed E-state index contributed by atoms with van der Waals surface area (Å²) >= 11 is 0. The summed E-state index contributed by atoms with van der Waals surface area (Å²) in [4.78, 5) is 0. The fourth-order valence-electron chi connectivity index (χ4n) is 3.48. The zero-order chi connectivity index (χ0) is 11.9. The fourth-order valence-corrected chi connectivity index (χ4v) is 3.48. The SMILES string of the molecule is C[C@]1(c2ccccc2)C[C@@H]2C[C@H](O)C[C@@H]2CO1. The Morgan fingerprint density at radius 1 is 1.18 bits per heavy atom. The lowest BCUT2D eigenvalue weighted by Gasteiger charge is -2.40. The standard InChI is InChI=1S/C15H20O2/c1-15(13-5-3-2-4-6-13)9-11-7-14(16)8-12(11)10-17-15/h2-6,11-12,14,16H,7-10H2,1H3/t11-,12+,14-,15+/m0/s1. The van der Waals surface area contributed by atoms with E-state index in [-0.39, 0.29) is 11.7 Å². The Morgan fingerprint density at radius 3 is 2.65 bits per heavy atom. The average molecular weight is 232 g/mol. The van der Waals surface area contributed by atoms with E-state index in [0.29, 0.717) is 11.8 Å². The highest BCUT2D eigenvalue weighted by Gasteiger charge is 2.44. The highest BCUT2D eigenvalue weighted by Crippen LogP contribution is 2.46. The van der Waals surface area contributed by atoms with E-state index in [9.17, 15) is 5.11 Å². The molecule has 0 spiro atoms. The van der Waals surface area contributed by atoms with Crippen LogP contribution < -0.4 is 0 Å². The van der Waals surface area contributed by atoms with Crippen molar-refractivity contribution in [3.8, 4) is 0 Å². The largest absolute Gasteiger partial charge is 0.393 e. The van der Waals surface area contributed by atoms with Gasteiger partial charge in [0.25, 0.3) is 0 Å². The smallest absolute Gasteiger partial charge is 0.0906 e. The molecule has 1 heterocycles. The first kappa shape index (κ1) is 11.2. The molecule has 2 heteroatoms. The minimum atomic E-state index is -0.160. The van der Waals surface area contributed by atoms with Gasteiger partial charge in [0.05, 0.1) is 18.3 Å². The second-order valence-electron chi connectivity index (χ2n) is 5.76. The van der Waals surface area contributed by atoms with E-state index in [1.54, 1.807) is 0 Å². The Hall–Kier alpha value is -0.860. The third kappa shape index (κ3) is 2.00. The maximum atomic E-state index is 9.75. The van der Waals surface area contributed by atoms with E-state index in [4.69, 9.17) is 4.74 Å². The van der Waals surface area contributed by atoms with E-state index in [1.165, 1.54) is 5.56 Å². The molecule has 0 amide bonds. The van der Waals surface area contributed by atoms with Gasteiger partial charge in [-0.25, -0.2) is 0 Å². The molecular formula is C15H20O2. The highest BCUT2D eigenvalue weighted by molar-refractivity contribution is 5.22. The van der Waals surface area contributed by atoms with Crippen LogP contribution in [-0.4, -0.2) is 17.8 Å². The summed E-state index contributed by atoms with van der Waals surface area (Å²) in [6.07, 6.45) is 2.82. The van der Waals surface area contributed by atoms with Gasteiger partial charge in [-0.05, 0) is 43.6 Å². The molecule has 17 heavy (non-hydrogen) atoms. The Labute approximate surface area is 103 Å². The molecule has 0 radical (unpaired) electrons. The van der Waals surface area contributed by atoms with Crippen LogP contribution in [0.2, 0.25) is 0 Å². The fraction of sp³-hybridized carbons (Fsp3) is 0.600. The van der Waals surface area contributed by atoms with Gasteiger partial charge in [0.1, 0.15) is 0 Å². The Balaban J connectivity index is 1.82. The van der Waals surface area contributed by atoms with Crippen LogP contribution in [0.1, 0.15) is 31.7 Å². The van der Waals surface area contributed by atoms with E-state index in [1.807, 2.05) is 6.07 Å². The van der Waals surface area contributed by atoms with Crippen molar-refractivity contribution in [1.29, 1.82) is 0 Å². The molecule has 1 saturated heterocycles. The van der Waals surface area contributed by atoms with Gasteiger partial charge in [-0.2, -0.15) is 0 Å². The first-order valence-electron chi connectivity index (χ1n) is 6.55. The first-order chi connectivity index (χ1) is 8.17. The second kappa shape index (κ2) is 4.11. The van der Waals surface area contributed by atoms with Crippen molar-refractivity contribution in [2.75, 3.05) is 6.61 Å². The molecule has 1 aromatic carbocycles. The number of rotatable bonds is 1. The molecule has 2 aliphatic rings. The van der Waals surface area contributed by atoms with Crippen molar-refractivity contribution in [1.82, 2.24) is 0 Å². The van der Waals surface area contributed by atoms with Crippen LogP contribution in [-0.2, 0) is 10.3 Å². The van der Waals surface area contributed by atoms with Crippen molar-refractivity contribution in [2.24, 2.45) is 11.8 Å². The molecule has 2 nitrogen and oxygen atoms in total. The van der Waals surface area contributed by atoms with Crippen molar-refractivity contribution < 1.29 is 9.84 Å². The van der Waals surface area contributed by atoms with Crippen molar-refractivity contribution in [3.05, 3.63) is 35.9 Å². The van der Waals surface area contributed by atoms with Gasteiger partial charge in [0.2, 0.25) is 0 Å². The summed E-state index contributed by atoms with van der Waals surface area (Å²) in [7, 11) is 0. The van der Waals surface area contributed by atoms with Crippen LogP contribution in [0.25, 0.3) is 0 Å². The monoisotopic (exact) mass is 232 g/mol. The predicted molar refractivity (Wildman–Crippen MR) is 66.6 cm³/mol. The number of aliphatic hydroxyl groups is 1. The van der Waals surface area contributed by atoms with Gasteiger partial charge in [-0.15, -0.1) is 0 Å². The minimum absolute atomic E-state index is 0.105. The van der Waals surface area contributed by atoms with Gasteiger partial charge >= 0.3 is 0 Å². The van der Waals surface area contributed by atoms with Crippen molar-refractivity contribution in [3.63, 3.8) is 0 Å². The van der Waals surface area contributed by atoms with Gasteiger partial charge in [-0.3, -0.25) is 0 Å². The van der Waals surface area contributed by atoms with Gasteiger partial charge in [-0.1, -0.05) is 30.3 Å². The lowest BCUT2D eigenvalue weighted by atomic mass is 9.79. The Morgan fingerprint density at radius 2 is 1.88 bits per heavy atom. The van der Waals surface area contributed by atoms with Crippen LogP contribution in [0, 0.1) is 11.8 Å². The molecule has 1 N–H and O–H groups in total. The molecule has 1 aliphatic carbocycles. The van der Waals surface area contributed by atoms with Gasteiger partial charge in [0, 0.05) is 0 Å². The van der Waals surface area contributed by atoms with Crippen LogP contribution in [0.5, 0.6) is 0 Å². The number of ether oxygens (including phenoxy) is 1. The molecule has 92 valence electrons. The lowest BCUT2D eigenvalue weighted by Crippen LogP contribution is -2.38. The Kier molecular flexibility index (Phi) is 2.72. The summed E-state index contributed by atoms with van der Waals surface area (Å²) in [5, 5.41) is 9.75. The van der Waals surface area contributed by atoms with Crippen LogP contribution in [0.15, 0.2) is 30.3 Å². The molecule has 2 fully saturated rings. The zero-order valence-electron chi connectivity index (χ0n) is 10.3. The lowest BCUT2D eigenvalue weighted by molar-refractivity contribution is -0.112. The topological polar surface area (TPSA) is 29.5 Å². The molecule has 3 rings (SSSR count). The molecule has 1 aromatic rings. The van der Waals surface area contributed by atoms with E-state index >= 15 is 0 Å². The summed E-state index contributed by atoms with van der Waals surface area (Å²) in [5.41, 5.74) is 1.10. The normalized spacial score (nSPS) is 41.2. The minimum Gasteiger partial charge on any atom is -0.393 e. The second-order valence-corrected chi connectivity index (χ2v) is 5.76. The number of hydrogen-bond acceptors (Lipinski definition) is 2. The number of benzene rings is 1. The molecule has 0 bridgehead atoms. The number of hydrogen-bond donors (Lipinski definition) is 1. The van der Waals surface area contributed by atoms with Crippen LogP contribution >= 0.6 is 0 Å². The van der Waals surface area contributed by atoms with Crippen LogP contribution in [0.3, 0.4) is 0 Å². The average Bonchev–Trinajstić information content (AvgIpc) is 2.69. The third-order valence-corrected chi connectivity index (χ3v) is 4.47. The third-order valence-electron chi connectivity index (χ3n) is 4.47. The van der Waals surface area contributed by atoms with Crippen molar-refractivity contribution >= 4 is 0 Å². The summed E-state index contributed by atoms with van der Waals surface area (Å²) in [6.45, 7) is 2.98. The molecule has 1 aliphatic heterocycles. The van der Waals surface area contributed by atoms with Crippen LogP contribution in [0.4, 0.5) is 0 Å². The van der Waals surface area contributed by atoms with Crippen molar-refractivity contribution in [2.45, 2.75) is 37.9 Å². The van der Waals surface area contributed by atoms with Gasteiger partial charge in [0.15, 0.2) is 0 Å². The molecule has 0 unspecified atom stereocenters. The molecule has 4 atom stereocenters. The molecule has 1 saturated carbocycles. The summed E-state index contributed by atoms with van der Waals surface area (Å²) in [5.74, 6) is 1.20. The summed E-state index contributed by atoms with van der Waals surface area (Å²) in [6, 6.07) is 10.5. The summed E-state index contributed by atoms with van der Waals surface area (Å²) < 4.78 is 6.10. The van der Waals surface area contributed by atoms with Gasteiger partial charge < -0.3 is 9.84 Å². The van der Waals surface area contributed by atoms with E-state index < -0.39 is 0 Å². The number of fused-ring (bicyclic) bond motifs is 1. The maximum Gasteiger partial charge on any atom is 0.0906 e. The quantitative estimate of drug-likeness (QED) is 0.806.